The largest absolute Gasteiger partial charge is 0.480 e. The number of carboxylic acid groups (broad SMARTS) is 1. The molecule has 0 saturated carbocycles. The Bertz CT molecular complexity index is 195. The Hall–Kier alpha value is -0.610. The van der Waals surface area contributed by atoms with Gasteiger partial charge < -0.3 is 10.8 Å². The fraction of sp³-hybridized carbons (Fsp3) is 0.900. The highest BCUT2D eigenvalue weighted by Gasteiger charge is 2.29. The van der Waals surface area contributed by atoms with E-state index in [0.29, 0.717) is 12.6 Å². The Morgan fingerprint density at radius 2 is 2.36 bits per heavy atom. The van der Waals surface area contributed by atoms with Crippen LogP contribution in [0, 0.1) is 0 Å². The molecule has 4 nitrogen and oxygen atoms in total. The molecule has 0 bridgehead atoms. The highest BCUT2D eigenvalue weighted by Crippen LogP contribution is 2.21. The second-order valence-corrected chi connectivity index (χ2v) is 3.98. The van der Waals surface area contributed by atoms with Crippen LogP contribution in [0.25, 0.3) is 0 Å². The summed E-state index contributed by atoms with van der Waals surface area (Å²) < 4.78 is 0. The van der Waals surface area contributed by atoms with Crippen LogP contribution in [0.3, 0.4) is 0 Å². The maximum Gasteiger partial charge on any atom is 0.320 e. The molecule has 1 heterocycles. The van der Waals surface area contributed by atoms with Crippen LogP contribution in [0.15, 0.2) is 0 Å². The molecule has 1 saturated heterocycles. The van der Waals surface area contributed by atoms with E-state index in [4.69, 9.17) is 10.8 Å². The van der Waals surface area contributed by atoms with Crippen molar-refractivity contribution in [1.29, 1.82) is 0 Å². The zero-order valence-corrected chi connectivity index (χ0v) is 8.78. The maximum absolute atomic E-state index is 10.9. The van der Waals surface area contributed by atoms with Gasteiger partial charge in [-0.05, 0) is 39.3 Å². The van der Waals surface area contributed by atoms with Gasteiger partial charge in [-0.25, -0.2) is 0 Å². The fourth-order valence-electron chi connectivity index (χ4n) is 2.18. The van der Waals surface area contributed by atoms with Gasteiger partial charge in [0.05, 0.1) is 0 Å². The molecule has 1 fully saturated rings. The van der Waals surface area contributed by atoms with Gasteiger partial charge in [0, 0.05) is 6.04 Å². The number of carboxylic acids is 1. The first-order valence-electron chi connectivity index (χ1n) is 5.35. The summed E-state index contributed by atoms with van der Waals surface area (Å²) in [5.74, 6) is -0.728. The molecule has 3 N–H and O–H groups in total. The van der Waals surface area contributed by atoms with Gasteiger partial charge in [0.1, 0.15) is 6.04 Å². The second kappa shape index (κ2) is 5.32. The van der Waals surface area contributed by atoms with Crippen LogP contribution >= 0.6 is 0 Å². The second-order valence-electron chi connectivity index (χ2n) is 3.98. The summed E-state index contributed by atoms with van der Waals surface area (Å²) in [6.45, 7) is 3.31. The van der Waals surface area contributed by atoms with E-state index in [9.17, 15) is 4.79 Å². The van der Waals surface area contributed by atoms with Gasteiger partial charge in [-0.2, -0.15) is 0 Å². The van der Waals surface area contributed by atoms with Crippen LogP contribution in [0.4, 0.5) is 0 Å². The summed E-state index contributed by atoms with van der Waals surface area (Å²) in [7, 11) is 0. The molecule has 1 aliphatic heterocycles. The van der Waals surface area contributed by atoms with E-state index < -0.39 is 5.97 Å². The minimum absolute atomic E-state index is 0.369. The highest BCUT2D eigenvalue weighted by atomic mass is 16.4. The number of nitrogens with zero attached hydrogens (tertiary/aromatic N) is 1. The lowest BCUT2D eigenvalue weighted by Crippen LogP contribution is -2.49. The van der Waals surface area contributed by atoms with Crippen molar-refractivity contribution < 1.29 is 9.90 Å². The molecule has 4 heteroatoms. The first-order valence-corrected chi connectivity index (χ1v) is 5.35. The first kappa shape index (κ1) is 11.5. The number of rotatable bonds is 4. The Kier molecular flexibility index (Phi) is 4.35. The fourth-order valence-corrected chi connectivity index (χ4v) is 2.18. The molecule has 0 aromatic carbocycles. The molecule has 1 aliphatic rings. The molecule has 0 spiro atoms. The molecular formula is C10H20N2O2. The summed E-state index contributed by atoms with van der Waals surface area (Å²) in [6.07, 6.45) is 4.32. The Labute approximate surface area is 85.1 Å². The third kappa shape index (κ3) is 2.69. The molecule has 0 radical (unpaired) electrons. The van der Waals surface area contributed by atoms with Crippen molar-refractivity contribution in [2.45, 2.75) is 44.7 Å². The number of hydrogen-bond donors (Lipinski definition) is 2. The zero-order chi connectivity index (χ0) is 10.6. The zero-order valence-electron chi connectivity index (χ0n) is 8.78. The molecule has 0 aliphatic carbocycles. The summed E-state index contributed by atoms with van der Waals surface area (Å²) in [4.78, 5) is 13.0. The van der Waals surface area contributed by atoms with E-state index in [0.717, 1.165) is 25.8 Å². The smallest absolute Gasteiger partial charge is 0.320 e. The monoisotopic (exact) mass is 200 g/mol. The predicted molar refractivity (Wildman–Crippen MR) is 55.1 cm³/mol. The SMILES string of the molecule is CC(C(=O)O)N1CCCCC1CCN. The Morgan fingerprint density at radius 3 is 2.93 bits per heavy atom. The summed E-state index contributed by atoms with van der Waals surface area (Å²) >= 11 is 0. The number of piperidine rings is 1. The van der Waals surface area contributed by atoms with Crippen molar-refractivity contribution >= 4 is 5.97 Å². The van der Waals surface area contributed by atoms with Gasteiger partial charge in [0.15, 0.2) is 0 Å². The number of carbonyl (C=O) groups is 1. The van der Waals surface area contributed by atoms with Crippen molar-refractivity contribution in [3.8, 4) is 0 Å². The lowest BCUT2D eigenvalue weighted by Gasteiger charge is -2.38. The first-order chi connectivity index (χ1) is 6.66. The molecule has 1 rings (SSSR count). The van der Waals surface area contributed by atoms with Gasteiger partial charge in [-0.1, -0.05) is 6.42 Å². The summed E-state index contributed by atoms with van der Waals surface area (Å²) in [6, 6.07) is 0.00620. The molecule has 14 heavy (non-hydrogen) atoms. The van der Waals surface area contributed by atoms with Crippen LogP contribution in [0.5, 0.6) is 0 Å². The summed E-state index contributed by atoms with van der Waals surface area (Å²) in [5, 5.41) is 8.95. The van der Waals surface area contributed by atoms with Crippen molar-refractivity contribution in [2.24, 2.45) is 5.73 Å². The Morgan fingerprint density at radius 1 is 1.64 bits per heavy atom. The highest BCUT2D eigenvalue weighted by molar-refractivity contribution is 5.72. The molecule has 0 amide bonds. The lowest BCUT2D eigenvalue weighted by molar-refractivity contribution is -0.144. The van der Waals surface area contributed by atoms with E-state index in [2.05, 4.69) is 4.90 Å². The Balaban J connectivity index is 2.57. The van der Waals surface area contributed by atoms with Gasteiger partial charge in [0.2, 0.25) is 0 Å². The molecule has 2 unspecified atom stereocenters. The number of likely N-dealkylation sites (tertiary alicyclic amines) is 1. The molecule has 0 aromatic heterocycles. The van der Waals surface area contributed by atoms with Gasteiger partial charge in [0.25, 0.3) is 0 Å². The predicted octanol–water partition coefficient (Wildman–Crippen LogP) is 0.663. The quantitative estimate of drug-likeness (QED) is 0.699. The average molecular weight is 200 g/mol. The van der Waals surface area contributed by atoms with Crippen LogP contribution in [-0.4, -0.2) is 41.1 Å². The van der Waals surface area contributed by atoms with Crippen LogP contribution in [0.2, 0.25) is 0 Å². The van der Waals surface area contributed by atoms with Gasteiger partial charge in [-0.3, -0.25) is 9.69 Å². The lowest BCUT2D eigenvalue weighted by atomic mass is 9.97. The number of hydrogen-bond acceptors (Lipinski definition) is 3. The average Bonchev–Trinajstić information content (AvgIpc) is 2.18. The maximum atomic E-state index is 10.9. The summed E-state index contributed by atoms with van der Waals surface area (Å²) in [5.41, 5.74) is 5.52. The minimum atomic E-state index is -0.728. The standard InChI is InChI=1S/C10H20N2O2/c1-8(10(13)14)12-7-3-2-4-9(12)5-6-11/h8-9H,2-7,11H2,1H3,(H,13,14). The topological polar surface area (TPSA) is 66.6 Å². The minimum Gasteiger partial charge on any atom is -0.480 e. The number of nitrogens with two attached hydrogens (primary N) is 1. The van der Waals surface area contributed by atoms with Crippen LogP contribution < -0.4 is 5.73 Å². The van der Waals surface area contributed by atoms with Crippen molar-refractivity contribution in [1.82, 2.24) is 4.90 Å². The number of aliphatic carboxylic acids is 1. The van der Waals surface area contributed by atoms with Crippen molar-refractivity contribution in [3.63, 3.8) is 0 Å². The van der Waals surface area contributed by atoms with Crippen molar-refractivity contribution in [3.05, 3.63) is 0 Å². The van der Waals surface area contributed by atoms with Gasteiger partial charge >= 0.3 is 5.97 Å². The van der Waals surface area contributed by atoms with Crippen LogP contribution in [0.1, 0.15) is 32.6 Å². The van der Waals surface area contributed by atoms with E-state index in [1.54, 1.807) is 6.92 Å². The molecule has 82 valence electrons. The normalized spacial score (nSPS) is 26.0. The third-order valence-corrected chi connectivity index (χ3v) is 3.03. The van der Waals surface area contributed by atoms with Gasteiger partial charge in [-0.15, -0.1) is 0 Å². The van der Waals surface area contributed by atoms with Crippen molar-refractivity contribution in [2.75, 3.05) is 13.1 Å². The van der Waals surface area contributed by atoms with E-state index >= 15 is 0 Å². The van der Waals surface area contributed by atoms with E-state index in [-0.39, 0.29) is 6.04 Å². The molecule has 0 aromatic rings. The third-order valence-electron chi connectivity index (χ3n) is 3.03. The van der Waals surface area contributed by atoms with E-state index in [1.165, 1.54) is 6.42 Å². The molecule has 2 atom stereocenters. The van der Waals surface area contributed by atoms with E-state index in [1.807, 2.05) is 0 Å². The van der Waals surface area contributed by atoms with Crippen LogP contribution in [-0.2, 0) is 4.79 Å². The molecular weight excluding hydrogens is 180 g/mol.